The van der Waals surface area contributed by atoms with E-state index in [0.29, 0.717) is 28.9 Å². The van der Waals surface area contributed by atoms with Crippen molar-refractivity contribution in [3.63, 3.8) is 0 Å². The maximum atomic E-state index is 14.6. The molecule has 1 aliphatic heterocycles. The number of carbonyl (C=O) groups is 1. The van der Waals surface area contributed by atoms with Gasteiger partial charge in [-0.15, -0.1) is 0 Å². The third-order valence-electron chi connectivity index (χ3n) is 5.37. The summed E-state index contributed by atoms with van der Waals surface area (Å²) in [5.41, 5.74) is 2.64. The van der Waals surface area contributed by atoms with E-state index >= 15 is 0 Å². The number of nitrogens with one attached hydrogen (secondary N) is 1. The van der Waals surface area contributed by atoms with Crippen molar-refractivity contribution in [2.45, 2.75) is 24.9 Å². The maximum Gasteiger partial charge on any atom is 0.425 e. The molecule has 0 spiro atoms. The van der Waals surface area contributed by atoms with Crippen molar-refractivity contribution in [1.29, 1.82) is 0 Å². The molecule has 0 unspecified atom stereocenters. The van der Waals surface area contributed by atoms with Crippen molar-refractivity contribution >= 4 is 34.3 Å². The first-order valence-corrected chi connectivity index (χ1v) is 11.2. The number of amidine groups is 1. The lowest BCUT2D eigenvalue weighted by molar-refractivity contribution is -0.167. The van der Waals surface area contributed by atoms with Crippen LogP contribution < -0.4 is 15.0 Å². The number of ether oxygens (including phenoxy) is 1. The van der Waals surface area contributed by atoms with Crippen LogP contribution in [-0.2, 0) is 4.87 Å². The van der Waals surface area contributed by atoms with Crippen LogP contribution in [0.2, 0.25) is 0 Å². The summed E-state index contributed by atoms with van der Waals surface area (Å²) in [7, 11) is 1.43. The van der Waals surface area contributed by atoms with Gasteiger partial charge in [0.05, 0.1) is 18.5 Å². The van der Waals surface area contributed by atoms with E-state index in [4.69, 9.17) is 4.74 Å². The molecule has 1 saturated heterocycles. The van der Waals surface area contributed by atoms with Crippen LogP contribution in [0.15, 0.2) is 77.8 Å². The van der Waals surface area contributed by atoms with Crippen LogP contribution in [0.3, 0.4) is 0 Å². The number of urea groups is 1. The summed E-state index contributed by atoms with van der Waals surface area (Å²) < 4.78 is 49.0. The lowest BCUT2D eigenvalue weighted by Gasteiger charge is -2.43. The summed E-state index contributed by atoms with van der Waals surface area (Å²) in [4.78, 5) is 16.2. The molecule has 0 bridgehead atoms. The number of thioether (sulfide) groups is 1. The molecular formula is C25H22F3N3O2S. The highest BCUT2D eigenvalue weighted by Crippen LogP contribution is 2.51. The number of methoxy groups -OCH3 is 1. The fourth-order valence-electron chi connectivity index (χ4n) is 3.47. The van der Waals surface area contributed by atoms with Crippen molar-refractivity contribution in [3.05, 3.63) is 89.5 Å². The number of aliphatic imine (C=N–C) groups is 1. The largest absolute Gasteiger partial charge is 0.497 e. The third-order valence-corrected chi connectivity index (χ3v) is 6.70. The number of carbonyl (C=O) groups excluding carboxylic acids is 1. The van der Waals surface area contributed by atoms with E-state index in [0.717, 1.165) is 16.0 Å². The second-order valence-electron chi connectivity index (χ2n) is 7.84. The Kier molecular flexibility index (Phi) is 6.31. The molecule has 1 heterocycles. The van der Waals surface area contributed by atoms with E-state index < -0.39 is 17.1 Å². The Labute approximate surface area is 199 Å². The zero-order chi connectivity index (χ0) is 24.5. The molecule has 176 valence electrons. The standard InChI is InChI=1S/C25H22F3N3O2S/c1-16-4-10-19(11-5-16)29-23-31(20-12-6-17(2)7-13-20)22(32)30-24(34-23,25(26,27)28)18-8-14-21(33-3)15-9-18/h4-15H,1-3H3,(H,30,32)/t24-/m1/s1. The molecule has 9 heteroatoms. The number of hydrogen-bond acceptors (Lipinski definition) is 4. The number of halogens is 3. The molecule has 0 saturated carbocycles. The van der Waals surface area contributed by atoms with Crippen LogP contribution in [0.4, 0.5) is 29.3 Å². The van der Waals surface area contributed by atoms with Crippen LogP contribution in [0.1, 0.15) is 16.7 Å². The van der Waals surface area contributed by atoms with Crippen LogP contribution in [0.25, 0.3) is 0 Å². The smallest absolute Gasteiger partial charge is 0.425 e. The Hall–Kier alpha value is -3.46. The van der Waals surface area contributed by atoms with Gasteiger partial charge in [0.25, 0.3) is 0 Å². The molecule has 3 aromatic carbocycles. The normalized spacial score (nSPS) is 19.8. The number of aryl methyl sites for hydroxylation is 2. The average molecular weight is 486 g/mol. The first kappa shape index (κ1) is 23.7. The minimum atomic E-state index is -4.82. The molecule has 2 amide bonds. The summed E-state index contributed by atoms with van der Waals surface area (Å²) in [5, 5.41) is 2.12. The van der Waals surface area contributed by atoms with Gasteiger partial charge in [0, 0.05) is 0 Å². The van der Waals surface area contributed by atoms with Crippen LogP contribution in [0, 0.1) is 13.8 Å². The van der Waals surface area contributed by atoms with Gasteiger partial charge in [-0.25, -0.2) is 14.7 Å². The first-order chi connectivity index (χ1) is 16.1. The van der Waals surface area contributed by atoms with Crippen LogP contribution >= 0.6 is 11.8 Å². The van der Waals surface area contributed by atoms with Gasteiger partial charge < -0.3 is 10.1 Å². The predicted octanol–water partition coefficient (Wildman–Crippen LogP) is 6.68. The highest BCUT2D eigenvalue weighted by Gasteiger charge is 2.62. The molecule has 1 fully saturated rings. The highest BCUT2D eigenvalue weighted by atomic mass is 32.2. The highest BCUT2D eigenvalue weighted by molar-refractivity contribution is 8.15. The van der Waals surface area contributed by atoms with Crippen molar-refractivity contribution in [3.8, 4) is 5.75 Å². The SMILES string of the molecule is COc1ccc([C@@]2(C(F)(F)F)NC(=O)N(c3ccc(C)cc3)C(=Nc3ccc(C)cc3)S2)cc1. The van der Waals surface area contributed by atoms with E-state index in [9.17, 15) is 18.0 Å². The minimum Gasteiger partial charge on any atom is -0.497 e. The topological polar surface area (TPSA) is 53.9 Å². The molecule has 1 aliphatic rings. The summed E-state index contributed by atoms with van der Waals surface area (Å²) in [5.74, 6) is 0.406. The lowest BCUT2D eigenvalue weighted by atomic mass is 10.1. The van der Waals surface area contributed by atoms with Gasteiger partial charge in [0.1, 0.15) is 5.75 Å². The Morgan fingerprint density at radius 1 is 0.912 bits per heavy atom. The summed E-state index contributed by atoms with van der Waals surface area (Å²) >= 11 is 0.441. The van der Waals surface area contributed by atoms with Gasteiger partial charge in [-0.05, 0) is 67.6 Å². The quantitative estimate of drug-likeness (QED) is 0.449. The Morgan fingerprint density at radius 3 is 2.00 bits per heavy atom. The number of alkyl halides is 3. The Balaban J connectivity index is 1.87. The van der Waals surface area contributed by atoms with E-state index in [2.05, 4.69) is 10.3 Å². The predicted molar refractivity (Wildman–Crippen MR) is 129 cm³/mol. The third kappa shape index (κ3) is 4.48. The van der Waals surface area contributed by atoms with Gasteiger partial charge >= 0.3 is 12.2 Å². The number of hydrogen-bond donors (Lipinski definition) is 1. The second-order valence-corrected chi connectivity index (χ2v) is 9.02. The molecule has 0 aromatic heterocycles. The lowest BCUT2D eigenvalue weighted by Crippen LogP contribution is -2.63. The zero-order valence-electron chi connectivity index (χ0n) is 18.7. The molecular weight excluding hydrogens is 463 g/mol. The van der Waals surface area contributed by atoms with E-state index in [1.165, 1.54) is 31.4 Å². The maximum absolute atomic E-state index is 14.6. The number of rotatable bonds is 4. The van der Waals surface area contributed by atoms with E-state index in [-0.39, 0.29) is 10.7 Å². The second kappa shape index (κ2) is 9.06. The molecule has 3 aromatic rings. The fraction of sp³-hybridized carbons (Fsp3) is 0.200. The zero-order valence-corrected chi connectivity index (χ0v) is 19.5. The molecule has 1 atom stereocenters. The molecule has 34 heavy (non-hydrogen) atoms. The van der Waals surface area contributed by atoms with Gasteiger partial charge in [-0.3, -0.25) is 0 Å². The van der Waals surface area contributed by atoms with E-state index in [1.54, 1.807) is 36.4 Å². The van der Waals surface area contributed by atoms with Crippen LogP contribution in [-0.4, -0.2) is 24.5 Å². The Bertz CT molecular complexity index is 1210. The van der Waals surface area contributed by atoms with Crippen molar-refractivity contribution < 1.29 is 22.7 Å². The molecule has 0 aliphatic carbocycles. The summed E-state index contributed by atoms with van der Waals surface area (Å²) in [6, 6.07) is 18.5. The van der Waals surface area contributed by atoms with Gasteiger partial charge in [0.15, 0.2) is 5.17 Å². The first-order valence-electron chi connectivity index (χ1n) is 10.4. The summed E-state index contributed by atoms with van der Waals surface area (Å²) in [6.45, 7) is 3.78. The number of anilines is 1. The van der Waals surface area contributed by atoms with E-state index in [1.807, 2.05) is 26.0 Å². The molecule has 5 nitrogen and oxygen atoms in total. The number of amides is 2. The molecule has 0 radical (unpaired) electrons. The number of benzene rings is 3. The fourth-order valence-corrected chi connectivity index (χ4v) is 4.69. The van der Waals surface area contributed by atoms with Crippen molar-refractivity contribution in [2.24, 2.45) is 4.99 Å². The van der Waals surface area contributed by atoms with Crippen molar-refractivity contribution in [1.82, 2.24) is 5.32 Å². The Morgan fingerprint density at radius 2 is 1.47 bits per heavy atom. The van der Waals surface area contributed by atoms with Crippen molar-refractivity contribution in [2.75, 3.05) is 12.0 Å². The molecule has 1 N–H and O–H groups in total. The van der Waals surface area contributed by atoms with Gasteiger partial charge in [-0.1, -0.05) is 47.5 Å². The van der Waals surface area contributed by atoms with Gasteiger partial charge in [-0.2, -0.15) is 13.2 Å². The van der Waals surface area contributed by atoms with Gasteiger partial charge in [0.2, 0.25) is 4.87 Å². The molecule has 4 rings (SSSR count). The average Bonchev–Trinajstić information content (AvgIpc) is 2.80. The summed E-state index contributed by atoms with van der Waals surface area (Å²) in [6.07, 6.45) is -4.82. The number of nitrogens with zero attached hydrogens (tertiary/aromatic N) is 2. The van der Waals surface area contributed by atoms with Crippen LogP contribution in [0.5, 0.6) is 5.75 Å². The minimum absolute atomic E-state index is 0.0930. The monoisotopic (exact) mass is 485 g/mol.